The zero-order valence-corrected chi connectivity index (χ0v) is 9.37. The van der Waals surface area contributed by atoms with Crippen LogP contribution in [0.5, 0.6) is 0 Å². The summed E-state index contributed by atoms with van der Waals surface area (Å²) in [7, 11) is 0. The average Bonchev–Trinajstić information content (AvgIpc) is 2.65. The van der Waals surface area contributed by atoms with Gasteiger partial charge in [0.1, 0.15) is 5.82 Å². The maximum Gasteiger partial charge on any atom is 0.174 e. The summed E-state index contributed by atoms with van der Waals surface area (Å²) in [5.74, 6) is -0.266. The molecule has 1 heterocycles. The summed E-state index contributed by atoms with van der Waals surface area (Å²) in [4.78, 5) is 0. The summed E-state index contributed by atoms with van der Waals surface area (Å²) in [6.45, 7) is 0. The van der Waals surface area contributed by atoms with E-state index in [1.807, 2.05) is 0 Å². The second-order valence-electron chi connectivity index (χ2n) is 3.18. The summed E-state index contributed by atoms with van der Waals surface area (Å²) in [5.41, 5.74) is 7.69. The Balaban J connectivity index is 2.32. The highest BCUT2D eigenvalue weighted by Gasteiger charge is 2.14. The molecule has 0 saturated heterocycles. The zero-order chi connectivity index (χ0) is 10.8. The van der Waals surface area contributed by atoms with Gasteiger partial charge in [0.15, 0.2) is 4.67 Å². The molecule has 2 rings (SSSR count). The fourth-order valence-corrected chi connectivity index (χ4v) is 1.86. The first-order chi connectivity index (χ1) is 7.18. The van der Waals surface area contributed by atoms with Gasteiger partial charge in [-0.05, 0) is 39.7 Å². The molecule has 2 nitrogen and oxygen atoms in total. The van der Waals surface area contributed by atoms with Gasteiger partial charge in [0, 0.05) is 5.56 Å². The Bertz CT molecular complexity index is 452. The first-order valence-electron chi connectivity index (χ1n) is 4.42. The maximum atomic E-state index is 12.7. The van der Waals surface area contributed by atoms with E-state index in [1.54, 1.807) is 24.5 Å². The van der Waals surface area contributed by atoms with Gasteiger partial charge in [-0.15, -0.1) is 0 Å². The van der Waals surface area contributed by atoms with Gasteiger partial charge < -0.3 is 10.2 Å². The lowest BCUT2D eigenvalue weighted by Crippen LogP contribution is -2.11. The minimum absolute atomic E-state index is 0.266. The largest absolute Gasteiger partial charge is 0.457 e. The monoisotopic (exact) mass is 269 g/mol. The molecule has 0 radical (unpaired) electrons. The van der Waals surface area contributed by atoms with Gasteiger partial charge in [0.05, 0.1) is 12.3 Å². The van der Waals surface area contributed by atoms with Gasteiger partial charge in [-0.2, -0.15) is 0 Å². The van der Waals surface area contributed by atoms with Crippen molar-refractivity contribution >= 4 is 15.9 Å². The normalized spacial score (nSPS) is 12.7. The van der Waals surface area contributed by atoms with Crippen LogP contribution in [0.15, 0.2) is 45.7 Å². The predicted molar refractivity (Wildman–Crippen MR) is 58.8 cm³/mol. The van der Waals surface area contributed by atoms with Crippen LogP contribution in [0.2, 0.25) is 0 Å². The molecule has 0 aliphatic rings. The molecular formula is C11H9BrFNO. The third kappa shape index (κ3) is 2.11. The van der Waals surface area contributed by atoms with Gasteiger partial charge in [-0.25, -0.2) is 4.39 Å². The van der Waals surface area contributed by atoms with Crippen molar-refractivity contribution in [2.75, 3.05) is 0 Å². The maximum absolute atomic E-state index is 12.7. The van der Waals surface area contributed by atoms with E-state index in [1.165, 1.54) is 12.1 Å². The highest BCUT2D eigenvalue weighted by atomic mass is 79.9. The van der Waals surface area contributed by atoms with Crippen molar-refractivity contribution in [3.05, 3.63) is 58.2 Å². The Labute approximate surface area is 95.0 Å². The molecule has 1 aromatic heterocycles. The smallest absolute Gasteiger partial charge is 0.174 e. The molecule has 78 valence electrons. The van der Waals surface area contributed by atoms with Crippen LogP contribution in [0.1, 0.15) is 17.2 Å². The molecule has 1 atom stereocenters. The molecule has 0 spiro atoms. The van der Waals surface area contributed by atoms with Crippen LogP contribution in [0, 0.1) is 5.82 Å². The minimum atomic E-state index is -0.307. The Hall–Kier alpha value is -1.13. The fourth-order valence-electron chi connectivity index (χ4n) is 1.38. The van der Waals surface area contributed by atoms with Crippen molar-refractivity contribution in [1.29, 1.82) is 0 Å². The zero-order valence-electron chi connectivity index (χ0n) is 7.78. The summed E-state index contributed by atoms with van der Waals surface area (Å²) in [6, 6.07) is 7.60. The number of furan rings is 1. The van der Waals surface area contributed by atoms with E-state index < -0.39 is 0 Å². The number of rotatable bonds is 2. The number of hydrogen-bond acceptors (Lipinski definition) is 2. The number of hydrogen-bond donors (Lipinski definition) is 1. The van der Waals surface area contributed by atoms with Crippen LogP contribution in [0.25, 0.3) is 0 Å². The Morgan fingerprint density at radius 1 is 1.20 bits per heavy atom. The van der Waals surface area contributed by atoms with Gasteiger partial charge in [0.2, 0.25) is 0 Å². The number of benzene rings is 1. The van der Waals surface area contributed by atoms with E-state index in [-0.39, 0.29) is 11.9 Å². The molecule has 1 aromatic carbocycles. The molecule has 0 saturated carbocycles. The SMILES string of the molecule is NC(c1ccc(F)cc1)c1ccoc1Br. The second-order valence-corrected chi connectivity index (χ2v) is 3.90. The van der Waals surface area contributed by atoms with E-state index >= 15 is 0 Å². The lowest BCUT2D eigenvalue weighted by atomic mass is 10.0. The van der Waals surface area contributed by atoms with Gasteiger partial charge in [-0.1, -0.05) is 12.1 Å². The first-order valence-corrected chi connectivity index (χ1v) is 5.21. The molecule has 0 bridgehead atoms. The molecule has 0 aliphatic heterocycles. The molecular weight excluding hydrogens is 261 g/mol. The van der Waals surface area contributed by atoms with Crippen molar-refractivity contribution in [3.63, 3.8) is 0 Å². The molecule has 2 N–H and O–H groups in total. The van der Waals surface area contributed by atoms with Crippen LogP contribution < -0.4 is 5.73 Å². The number of nitrogens with two attached hydrogens (primary N) is 1. The van der Waals surface area contributed by atoms with Crippen molar-refractivity contribution in [3.8, 4) is 0 Å². The minimum Gasteiger partial charge on any atom is -0.457 e. The Kier molecular flexibility index (Phi) is 2.88. The molecule has 0 aliphatic carbocycles. The van der Waals surface area contributed by atoms with Crippen molar-refractivity contribution in [2.24, 2.45) is 5.73 Å². The van der Waals surface area contributed by atoms with Crippen LogP contribution in [-0.2, 0) is 0 Å². The third-order valence-corrected chi connectivity index (χ3v) is 2.86. The van der Waals surface area contributed by atoms with E-state index in [4.69, 9.17) is 10.2 Å². The van der Waals surface area contributed by atoms with Gasteiger partial charge >= 0.3 is 0 Å². The van der Waals surface area contributed by atoms with E-state index in [2.05, 4.69) is 15.9 Å². The number of halogens is 2. The molecule has 0 amide bonds. The average molecular weight is 270 g/mol. The van der Waals surface area contributed by atoms with Gasteiger partial charge in [0.25, 0.3) is 0 Å². The molecule has 1 unspecified atom stereocenters. The van der Waals surface area contributed by atoms with Crippen molar-refractivity contribution < 1.29 is 8.81 Å². The second kappa shape index (κ2) is 4.16. The summed E-state index contributed by atoms with van der Waals surface area (Å²) >= 11 is 3.26. The molecule has 2 aromatic rings. The first kappa shape index (κ1) is 10.4. The van der Waals surface area contributed by atoms with E-state index in [0.717, 1.165) is 11.1 Å². The molecule has 4 heteroatoms. The summed E-state index contributed by atoms with van der Waals surface area (Å²) in [5, 5.41) is 0. The predicted octanol–water partition coefficient (Wildman–Crippen LogP) is 3.23. The van der Waals surface area contributed by atoms with Crippen LogP contribution in [0.4, 0.5) is 4.39 Å². The highest BCUT2D eigenvalue weighted by molar-refractivity contribution is 9.10. The van der Waals surface area contributed by atoms with Crippen molar-refractivity contribution in [1.82, 2.24) is 0 Å². The van der Waals surface area contributed by atoms with Gasteiger partial charge in [-0.3, -0.25) is 0 Å². The molecule has 15 heavy (non-hydrogen) atoms. The Morgan fingerprint density at radius 3 is 2.40 bits per heavy atom. The third-order valence-electron chi connectivity index (χ3n) is 2.21. The molecule has 0 fully saturated rings. The van der Waals surface area contributed by atoms with Crippen LogP contribution in [-0.4, -0.2) is 0 Å². The van der Waals surface area contributed by atoms with Crippen molar-refractivity contribution in [2.45, 2.75) is 6.04 Å². The fraction of sp³-hybridized carbons (Fsp3) is 0.0909. The summed E-state index contributed by atoms with van der Waals surface area (Å²) in [6.07, 6.45) is 1.56. The van der Waals surface area contributed by atoms with E-state index in [0.29, 0.717) is 4.67 Å². The lowest BCUT2D eigenvalue weighted by Gasteiger charge is -2.10. The van der Waals surface area contributed by atoms with Crippen LogP contribution >= 0.6 is 15.9 Å². The van der Waals surface area contributed by atoms with E-state index in [9.17, 15) is 4.39 Å². The summed E-state index contributed by atoms with van der Waals surface area (Å²) < 4.78 is 18.4. The lowest BCUT2D eigenvalue weighted by molar-refractivity contribution is 0.534. The van der Waals surface area contributed by atoms with Crippen LogP contribution in [0.3, 0.4) is 0 Å². The topological polar surface area (TPSA) is 39.2 Å². The highest BCUT2D eigenvalue weighted by Crippen LogP contribution is 2.27. The quantitative estimate of drug-likeness (QED) is 0.909. The standard InChI is InChI=1S/C11H9BrFNO/c12-11-9(5-6-15-11)10(14)7-1-3-8(13)4-2-7/h1-6,10H,14H2. The Morgan fingerprint density at radius 2 is 1.87 bits per heavy atom.